The van der Waals surface area contributed by atoms with E-state index in [4.69, 9.17) is 4.98 Å². The highest BCUT2D eigenvalue weighted by atomic mass is 31.2. The molecule has 0 aliphatic heterocycles. The number of fused-ring (bicyclic) bond motifs is 5. The van der Waals surface area contributed by atoms with Gasteiger partial charge >= 0.3 is 0 Å². The van der Waals surface area contributed by atoms with Crippen LogP contribution in [0.3, 0.4) is 0 Å². The summed E-state index contributed by atoms with van der Waals surface area (Å²) < 4.78 is 15.8. The smallest absolute Gasteiger partial charge is 0.172 e. The van der Waals surface area contributed by atoms with Crippen molar-refractivity contribution in [2.45, 2.75) is 0 Å². The topological polar surface area (TPSA) is 42.9 Å². The molecular weight excluding hydrogens is 531 g/mol. The van der Waals surface area contributed by atoms with Gasteiger partial charge in [0, 0.05) is 38.4 Å². The summed E-state index contributed by atoms with van der Waals surface area (Å²) in [6.07, 6.45) is 1.81. The molecule has 8 rings (SSSR count). The van der Waals surface area contributed by atoms with E-state index >= 15 is 4.57 Å². The van der Waals surface area contributed by atoms with Crippen LogP contribution in [0, 0.1) is 0 Å². The largest absolute Gasteiger partial charge is 0.309 e. The summed E-state index contributed by atoms with van der Waals surface area (Å²) in [6.45, 7) is 0. The molecule has 3 nitrogen and oxygen atoms in total. The Morgan fingerprint density at radius 2 is 1.00 bits per heavy atom. The van der Waals surface area contributed by atoms with E-state index < -0.39 is 7.14 Å². The lowest BCUT2D eigenvalue weighted by Crippen LogP contribution is -2.26. The molecule has 0 fully saturated rings. The Hall–Kier alpha value is -5.11. The van der Waals surface area contributed by atoms with Crippen LogP contribution in [0.1, 0.15) is 0 Å². The highest BCUT2D eigenvalue weighted by Gasteiger charge is 2.33. The molecule has 6 aromatic carbocycles. The number of aromatic nitrogens is 2. The first kappa shape index (κ1) is 24.7. The van der Waals surface area contributed by atoms with Crippen LogP contribution in [0.5, 0.6) is 0 Å². The second kappa shape index (κ2) is 9.76. The second-order valence-electron chi connectivity index (χ2n) is 10.6. The maximum absolute atomic E-state index is 15.8. The highest BCUT2D eigenvalue weighted by molar-refractivity contribution is 7.86. The van der Waals surface area contributed by atoms with E-state index in [-0.39, 0.29) is 0 Å². The number of rotatable bonds is 4. The monoisotopic (exact) mass is 556 g/mol. The van der Waals surface area contributed by atoms with Crippen LogP contribution in [0.2, 0.25) is 0 Å². The van der Waals surface area contributed by atoms with Gasteiger partial charge in [0.25, 0.3) is 0 Å². The molecule has 0 bridgehead atoms. The molecular formula is C38H25N2OP. The van der Waals surface area contributed by atoms with Crippen LogP contribution in [-0.4, -0.2) is 9.97 Å². The Morgan fingerprint density at radius 1 is 0.452 bits per heavy atom. The minimum atomic E-state index is -3.28. The Bertz CT molecular complexity index is 2250. The highest BCUT2D eigenvalue weighted by Crippen LogP contribution is 2.46. The Morgan fingerprint density at radius 3 is 1.67 bits per heavy atom. The maximum atomic E-state index is 15.8. The third-order valence-electron chi connectivity index (χ3n) is 8.17. The molecule has 4 heteroatoms. The van der Waals surface area contributed by atoms with E-state index in [1.165, 1.54) is 0 Å². The number of hydrogen-bond acceptors (Lipinski definition) is 3. The number of nitrogens with zero attached hydrogens (tertiary/aromatic N) is 2. The Labute approximate surface area is 243 Å². The third kappa shape index (κ3) is 3.86. The summed E-state index contributed by atoms with van der Waals surface area (Å²) >= 11 is 0. The molecule has 198 valence electrons. The number of benzene rings is 6. The standard InChI is InChI=1S/C38H25N2OP/c41-42(35-15-5-10-26-8-1-3-13-32(26)35,36-16-6-11-27-9-2-4-14-33(27)36)31-22-19-28(20-23-31)34-24-21-30-18-17-29-12-7-25-39-37(29)38(30)40-34/h1-25H. The summed E-state index contributed by atoms with van der Waals surface area (Å²) in [7, 11) is -3.28. The number of hydrogen-bond donors (Lipinski definition) is 0. The molecule has 0 unspecified atom stereocenters. The molecule has 0 spiro atoms. The molecule has 8 aromatic rings. The van der Waals surface area contributed by atoms with Crippen molar-refractivity contribution in [2.75, 3.05) is 0 Å². The SMILES string of the molecule is O=P(c1ccc(-c2ccc3ccc4cccnc4c3n2)cc1)(c1cccc2ccccc12)c1cccc2ccccc12. The molecule has 0 amide bonds. The van der Waals surface area contributed by atoms with Gasteiger partial charge in [0.1, 0.15) is 0 Å². The lowest BCUT2D eigenvalue weighted by Gasteiger charge is -2.23. The Balaban J connectivity index is 1.33. The van der Waals surface area contributed by atoms with E-state index in [1.807, 2.05) is 91.1 Å². The van der Waals surface area contributed by atoms with Crippen molar-refractivity contribution in [2.24, 2.45) is 0 Å². The zero-order valence-corrected chi connectivity index (χ0v) is 23.6. The summed E-state index contributed by atoms with van der Waals surface area (Å²) in [5, 5.41) is 8.80. The predicted octanol–water partition coefficient (Wildman–Crippen LogP) is 8.40. The van der Waals surface area contributed by atoms with Crippen molar-refractivity contribution in [3.8, 4) is 11.3 Å². The third-order valence-corrected chi connectivity index (χ3v) is 11.3. The quantitative estimate of drug-likeness (QED) is 0.162. The first-order chi connectivity index (χ1) is 20.7. The molecule has 2 heterocycles. The van der Waals surface area contributed by atoms with Gasteiger partial charge in [-0.15, -0.1) is 0 Å². The van der Waals surface area contributed by atoms with Crippen molar-refractivity contribution < 1.29 is 4.57 Å². The van der Waals surface area contributed by atoms with E-state index in [0.29, 0.717) is 0 Å². The van der Waals surface area contributed by atoms with Crippen molar-refractivity contribution >= 4 is 66.4 Å². The zero-order valence-electron chi connectivity index (χ0n) is 22.7. The lowest BCUT2D eigenvalue weighted by atomic mass is 10.1. The van der Waals surface area contributed by atoms with Crippen molar-refractivity contribution in [3.63, 3.8) is 0 Å². The van der Waals surface area contributed by atoms with Gasteiger partial charge in [0.05, 0.1) is 16.7 Å². The fourth-order valence-corrected chi connectivity index (χ4v) is 9.16. The lowest BCUT2D eigenvalue weighted by molar-refractivity contribution is 0.593. The minimum Gasteiger partial charge on any atom is -0.309 e. The van der Waals surface area contributed by atoms with Crippen LogP contribution in [-0.2, 0) is 4.57 Å². The van der Waals surface area contributed by atoms with Crippen LogP contribution in [0.15, 0.2) is 152 Å². The van der Waals surface area contributed by atoms with Crippen LogP contribution in [0.25, 0.3) is 54.6 Å². The molecule has 0 radical (unpaired) electrons. The first-order valence-corrected chi connectivity index (χ1v) is 15.7. The van der Waals surface area contributed by atoms with E-state index in [0.717, 1.165) is 70.5 Å². The average molecular weight is 557 g/mol. The molecule has 0 aliphatic carbocycles. The summed E-state index contributed by atoms with van der Waals surface area (Å²) in [6, 6.07) is 49.1. The van der Waals surface area contributed by atoms with Crippen LogP contribution >= 0.6 is 7.14 Å². The van der Waals surface area contributed by atoms with Gasteiger partial charge in [-0.25, -0.2) is 4.98 Å². The fourth-order valence-electron chi connectivity index (χ4n) is 6.10. The average Bonchev–Trinajstić information content (AvgIpc) is 3.07. The molecule has 2 aromatic heterocycles. The van der Waals surface area contributed by atoms with Crippen LogP contribution < -0.4 is 15.9 Å². The molecule has 0 saturated carbocycles. The van der Waals surface area contributed by atoms with Crippen molar-refractivity contribution in [3.05, 3.63) is 152 Å². The van der Waals surface area contributed by atoms with Gasteiger partial charge in [0.2, 0.25) is 0 Å². The zero-order chi connectivity index (χ0) is 28.1. The number of pyridine rings is 2. The van der Waals surface area contributed by atoms with E-state index in [9.17, 15) is 0 Å². The Kier molecular flexibility index (Phi) is 5.73. The maximum Gasteiger partial charge on any atom is 0.172 e. The summed E-state index contributed by atoms with van der Waals surface area (Å²) in [4.78, 5) is 9.64. The van der Waals surface area contributed by atoms with Gasteiger partial charge < -0.3 is 4.57 Å². The van der Waals surface area contributed by atoms with Gasteiger partial charge in [0.15, 0.2) is 7.14 Å². The fraction of sp³-hybridized carbons (Fsp3) is 0. The molecule has 0 aliphatic rings. The molecule has 0 atom stereocenters. The predicted molar refractivity (Wildman–Crippen MR) is 177 cm³/mol. The van der Waals surface area contributed by atoms with Gasteiger partial charge in [-0.1, -0.05) is 133 Å². The van der Waals surface area contributed by atoms with Gasteiger partial charge in [-0.05, 0) is 33.7 Å². The molecule has 0 saturated heterocycles. The van der Waals surface area contributed by atoms with Crippen molar-refractivity contribution in [1.82, 2.24) is 9.97 Å². The normalized spacial score (nSPS) is 11.9. The van der Waals surface area contributed by atoms with Crippen molar-refractivity contribution in [1.29, 1.82) is 0 Å². The minimum absolute atomic E-state index is 0.798. The molecule has 0 N–H and O–H groups in total. The van der Waals surface area contributed by atoms with Crippen LogP contribution in [0.4, 0.5) is 0 Å². The van der Waals surface area contributed by atoms with E-state index in [1.54, 1.807) is 0 Å². The first-order valence-electron chi connectivity index (χ1n) is 14.0. The van der Waals surface area contributed by atoms with Gasteiger partial charge in [-0.3, -0.25) is 4.98 Å². The summed E-state index contributed by atoms with van der Waals surface area (Å²) in [5.41, 5.74) is 3.60. The molecule has 42 heavy (non-hydrogen) atoms. The second-order valence-corrected chi connectivity index (χ2v) is 13.3. The van der Waals surface area contributed by atoms with Gasteiger partial charge in [-0.2, -0.15) is 0 Å². The van der Waals surface area contributed by atoms with E-state index in [2.05, 4.69) is 65.6 Å². The summed E-state index contributed by atoms with van der Waals surface area (Å²) in [5.74, 6) is 0.